The van der Waals surface area contributed by atoms with Crippen LogP contribution in [0.15, 0.2) is 362 Å². The van der Waals surface area contributed by atoms with Crippen molar-refractivity contribution in [3.05, 3.63) is 425 Å². The van der Waals surface area contributed by atoms with E-state index < -0.39 is 0 Å². The topological polar surface area (TPSA) is 295 Å². The van der Waals surface area contributed by atoms with E-state index in [0.717, 1.165) is 166 Å². The van der Waals surface area contributed by atoms with Crippen LogP contribution in [0.25, 0.3) is 88.2 Å². The van der Waals surface area contributed by atoms with Gasteiger partial charge in [-0.2, -0.15) is 20.6 Å². The van der Waals surface area contributed by atoms with Crippen LogP contribution in [-0.4, -0.2) is 97.8 Å². The molecule has 0 bridgehead atoms. The van der Waals surface area contributed by atoms with E-state index in [4.69, 9.17) is 33.7 Å². The third-order valence-electron chi connectivity index (χ3n) is 22.5. The van der Waals surface area contributed by atoms with Gasteiger partial charge in [0, 0.05) is 93.5 Å². The minimum atomic E-state index is 0.415. The van der Waals surface area contributed by atoms with Crippen LogP contribution in [0.4, 0.5) is 0 Å². The molecule has 10 heterocycles. The van der Waals surface area contributed by atoms with Gasteiger partial charge in [0.25, 0.3) is 0 Å². The Morgan fingerprint density at radius 2 is 0.802 bits per heavy atom. The van der Waals surface area contributed by atoms with Gasteiger partial charge in [0.2, 0.25) is 5.82 Å². The molecule has 0 unspecified atom stereocenters. The van der Waals surface area contributed by atoms with E-state index >= 15 is 0 Å². The molecule has 0 aliphatic carbocycles. The molecule has 642 valence electrons. The van der Waals surface area contributed by atoms with Gasteiger partial charge in [-0.05, 0) is 214 Å². The average Bonchev–Trinajstić information content (AvgIpc) is 1.64. The molecule has 22 rings (SSSR count). The molecule has 0 radical (unpaired) electrons. The molecule has 131 heavy (non-hydrogen) atoms. The van der Waals surface area contributed by atoms with Gasteiger partial charge >= 0.3 is 0 Å². The van der Waals surface area contributed by atoms with E-state index in [-0.39, 0.29) is 0 Å². The van der Waals surface area contributed by atoms with Crippen LogP contribution in [0, 0.1) is 0 Å². The lowest BCUT2D eigenvalue weighted by Crippen LogP contribution is -2.02. The average molecular weight is 1720 g/mol. The van der Waals surface area contributed by atoms with Crippen molar-refractivity contribution in [1.29, 1.82) is 0 Å². The van der Waals surface area contributed by atoms with E-state index in [9.17, 15) is 0 Å². The number of hydrogen-bond acceptors (Lipinski definition) is 20. The second kappa shape index (κ2) is 40.0. The standard InChI is InChI=1S/C28H23N5O.C27H22N6O.C26H22N4O.C25H21N5O2/c1-33-16-22(14-19-5-4-7-21(13-19)28-29-18-30-32-28)25-12-11-24(15-27(25)33)34-17-23-10-9-20-6-2-3-8-26(20)31-23;1-33-16-21(14-18-5-4-7-20(13-18)27-29-31-32-30-27)24-15-23(11-12-26(24)33)34-17-22-10-9-19-6-2-3-8-25(19)28-22;1-2-10-25-21(7-1)13-14-23(28-25)18-31-24-9-4-6-20(16-24)12-11-19-5-3-8-22(15-19)26-17-27-30-29-26;1-2-7-24-20(6-1)8-9-21(26-24)17-32-23-12-10-22(11-13-23)31-16-19-5-3-4-18(14-19)15-25-27-29-30-28-25/h2-13,15-16,18H,14,17H2,1H3,(H,29,30,32);2-13,15-16H,14,17H2,1H3,(H,29,30,31,32);1-10,13-16H,11-12,17-18H2;1-14H,15-17H2,(H,27,28,29,30). The second-order valence-electron chi connectivity index (χ2n) is 31.7. The second-order valence-corrected chi connectivity index (χ2v) is 31.7. The molecule has 1 aliphatic rings. The molecular weight excluding hydrogens is 1630 g/mol. The van der Waals surface area contributed by atoms with Crippen LogP contribution in [0.1, 0.15) is 78.7 Å². The van der Waals surface area contributed by atoms with Crippen molar-refractivity contribution < 1.29 is 23.7 Å². The highest BCUT2D eigenvalue weighted by Gasteiger charge is 2.17. The summed E-state index contributed by atoms with van der Waals surface area (Å²) in [5, 5.41) is 54.0. The SMILES string of the molecule is Cn1cc(Cc2cccc(-c3ncn[nH]3)c2)c2ccc(OCc3ccc4ccccc4n3)cc21.Cn1cc(Cc2cccc(-c3nn[nH]n3)c2)c2cc(OCc3ccc4ccccc4n3)ccc21.c1cc(CCc2cccc(C3=NN=NC3)c2)cc(OCc2ccc3ccccc3n2)c1.c1cc(COc2ccc(OCc3ccc4ccccc4n3)cc2)cc(Cc2nn[nH]n2)c1. The largest absolute Gasteiger partial charge is 0.489 e. The zero-order valence-corrected chi connectivity index (χ0v) is 71.8. The summed E-state index contributed by atoms with van der Waals surface area (Å²) in [5.74, 6) is 6.12. The van der Waals surface area contributed by atoms with Crippen LogP contribution in [-0.2, 0) is 79.2 Å². The van der Waals surface area contributed by atoms with Gasteiger partial charge in [0.1, 0.15) is 74.7 Å². The first-order chi connectivity index (χ1) is 64.6. The van der Waals surface area contributed by atoms with Crippen molar-refractivity contribution in [2.75, 3.05) is 6.54 Å². The van der Waals surface area contributed by atoms with Gasteiger partial charge < -0.3 is 32.8 Å². The normalized spacial score (nSPS) is 11.6. The molecule has 25 heteroatoms. The minimum Gasteiger partial charge on any atom is -0.489 e. The van der Waals surface area contributed by atoms with Crippen molar-refractivity contribution >= 4 is 71.1 Å². The van der Waals surface area contributed by atoms with Crippen molar-refractivity contribution in [3.8, 4) is 51.5 Å². The molecule has 0 saturated carbocycles. The number of aromatic nitrogens is 17. The number of nitrogens with one attached hydrogen (secondary N) is 3. The van der Waals surface area contributed by atoms with Crippen LogP contribution in [0.5, 0.6) is 28.7 Å². The number of fused-ring (bicyclic) bond motifs is 6. The predicted octanol–water partition coefficient (Wildman–Crippen LogP) is 21.0. The van der Waals surface area contributed by atoms with E-state index in [1.54, 1.807) is 0 Å². The van der Waals surface area contributed by atoms with Gasteiger partial charge in [-0.3, -0.25) is 5.10 Å². The zero-order chi connectivity index (χ0) is 88.3. The number of pyridine rings is 4. The number of rotatable bonds is 27. The fourth-order valence-corrected chi connectivity index (χ4v) is 15.9. The third-order valence-corrected chi connectivity index (χ3v) is 22.5. The summed E-state index contributed by atoms with van der Waals surface area (Å²) in [4.78, 5) is 23.0. The molecule has 12 aromatic carbocycles. The monoisotopic (exact) mass is 1720 g/mol. The summed E-state index contributed by atoms with van der Waals surface area (Å²) in [6, 6.07) is 111. The molecular formula is C106H88N20O5. The summed E-state index contributed by atoms with van der Waals surface area (Å²) in [7, 11) is 4.15. The van der Waals surface area contributed by atoms with Gasteiger partial charge in [0.15, 0.2) is 11.6 Å². The Labute approximate surface area is 753 Å². The van der Waals surface area contributed by atoms with Gasteiger partial charge in [-0.15, -0.1) is 25.5 Å². The highest BCUT2D eigenvalue weighted by Crippen LogP contribution is 2.33. The number of nitrogens with zero attached hydrogens (tertiary/aromatic N) is 17. The fourth-order valence-electron chi connectivity index (χ4n) is 15.9. The van der Waals surface area contributed by atoms with Crippen LogP contribution in [0.3, 0.4) is 0 Å². The summed E-state index contributed by atoms with van der Waals surface area (Å²) in [6.07, 6.45) is 10.0. The smallest absolute Gasteiger partial charge is 0.204 e. The van der Waals surface area contributed by atoms with Crippen molar-refractivity contribution in [2.45, 2.75) is 65.1 Å². The van der Waals surface area contributed by atoms with Crippen molar-refractivity contribution in [3.63, 3.8) is 0 Å². The summed E-state index contributed by atoms with van der Waals surface area (Å²) >= 11 is 0. The number of aromatic amines is 3. The van der Waals surface area contributed by atoms with Crippen molar-refractivity contribution in [2.24, 2.45) is 29.5 Å². The van der Waals surface area contributed by atoms with E-state index in [1.807, 2.05) is 182 Å². The molecule has 25 nitrogen and oxygen atoms in total. The Kier molecular flexibility index (Phi) is 25.5. The van der Waals surface area contributed by atoms with E-state index in [2.05, 4.69) is 263 Å². The van der Waals surface area contributed by atoms with Gasteiger partial charge in [0.05, 0.1) is 56.1 Å². The Morgan fingerprint density at radius 3 is 1.36 bits per heavy atom. The first-order valence-corrected chi connectivity index (χ1v) is 43.1. The Balaban J connectivity index is 0.000000113. The quantitative estimate of drug-likeness (QED) is 0.0431. The molecule has 0 spiro atoms. The minimum absolute atomic E-state index is 0.415. The molecule has 0 fully saturated rings. The maximum atomic E-state index is 6.13. The number of aryl methyl sites for hydroxylation is 4. The van der Waals surface area contributed by atoms with Crippen molar-refractivity contribution in [1.82, 2.24) is 85.5 Å². The molecule has 3 N–H and O–H groups in total. The molecule has 9 aromatic heterocycles. The number of tetrazole rings is 2. The number of ether oxygens (including phenoxy) is 5. The molecule has 0 atom stereocenters. The molecule has 0 amide bonds. The summed E-state index contributed by atoms with van der Waals surface area (Å²) < 4.78 is 34.4. The summed E-state index contributed by atoms with van der Waals surface area (Å²) in [5.41, 5.74) is 23.5. The highest BCUT2D eigenvalue weighted by atomic mass is 16.5. The van der Waals surface area contributed by atoms with Crippen LogP contribution < -0.4 is 23.7 Å². The number of H-pyrrole nitrogens is 3. The lowest BCUT2D eigenvalue weighted by molar-refractivity contribution is 0.295. The third kappa shape index (κ3) is 21.4. The van der Waals surface area contributed by atoms with Crippen LogP contribution in [0.2, 0.25) is 0 Å². The van der Waals surface area contributed by atoms with Crippen LogP contribution >= 0.6 is 0 Å². The molecule has 0 saturated heterocycles. The lowest BCUT2D eigenvalue weighted by Gasteiger charge is -2.10. The number of benzene rings is 12. The number of para-hydroxylation sites is 4. The fraction of sp³-hybridized carbons (Fsp3) is 0.123. The Bertz CT molecular complexity index is 7570. The van der Waals surface area contributed by atoms with E-state index in [0.29, 0.717) is 57.6 Å². The maximum Gasteiger partial charge on any atom is 0.204 e. The highest BCUT2D eigenvalue weighted by molar-refractivity contribution is 6.02. The first kappa shape index (κ1) is 83.5. The lowest BCUT2D eigenvalue weighted by atomic mass is 10.0. The summed E-state index contributed by atoms with van der Waals surface area (Å²) in [6.45, 7) is 2.76. The number of hydrogen-bond donors (Lipinski definition) is 3. The predicted molar refractivity (Wildman–Crippen MR) is 508 cm³/mol. The maximum absolute atomic E-state index is 6.13. The van der Waals surface area contributed by atoms with Gasteiger partial charge in [-0.1, -0.05) is 193 Å². The Morgan fingerprint density at radius 1 is 0.344 bits per heavy atom. The first-order valence-electron chi connectivity index (χ1n) is 43.1. The molecule has 1 aliphatic heterocycles. The van der Waals surface area contributed by atoms with Gasteiger partial charge in [-0.25, -0.2) is 24.9 Å². The molecule has 21 aromatic rings. The zero-order valence-electron chi connectivity index (χ0n) is 71.8. The van der Waals surface area contributed by atoms with E-state index in [1.165, 1.54) is 56.0 Å². The Hall–Kier alpha value is -17.1.